The quantitative estimate of drug-likeness (QED) is 0.623. The van der Waals surface area contributed by atoms with E-state index in [9.17, 15) is 9.59 Å². The normalized spacial score (nSPS) is 20.0. The lowest BCUT2D eigenvalue weighted by Gasteiger charge is -2.39. The second kappa shape index (κ2) is 8.99. The molecule has 0 radical (unpaired) electrons. The molecule has 1 saturated heterocycles. The fourth-order valence-electron chi connectivity index (χ4n) is 4.65. The van der Waals surface area contributed by atoms with Gasteiger partial charge in [-0.2, -0.15) is 0 Å². The third-order valence-corrected chi connectivity index (χ3v) is 6.92. The van der Waals surface area contributed by atoms with Gasteiger partial charge < -0.3 is 14.2 Å². The lowest BCUT2D eigenvalue weighted by Crippen LogP contribution is -2.35. The Morgan fingerprint density at radius 3 is 2.65 bits per heavy atom. The van der Waals surface area contributed by atoms with Crippen molar-refractivity contribution in [2.75, 3.05) is 26.7 Å². The second-order valence-electron chi connectivity index (χ2n) is 8.72. The third kappa shape index (κ3) is 4.47. The average molecular weight is 445 g/mol. The molecule has 1 aliphatic heterocycles. The number of rotatable bonds is 8. The van der Waals surface area contributed by atoms with Gasteiger partial charge >= 0.3 is 0 Å². The first-order valence-electron chi connectivity index (χ1n) is 11.0. The molecule has 1 atom stereocenters. The maximum atomic E-state index is 12.6. The lowest BCUT2D eigenvalue weighted by molar-refractivity contribution is -0.131. The van der Waals surface area contributed by atoms with Gasteiger partial charge in [-0.05, 0) is 37.5 Å². The first-order valence-corrected chi connectivity index (χ1v) is 11.4. The molecule has 0 N–H and O–H groups in total. The molecule has 2 fully saturated rings. The van der Waals surface area contributed by atoms with Crippen LogP contribution in [-0.4, -0.2) is 58.5 Å². The van der Waals surface area contributed by atoms with Crippen LogP contribution in [0.2, 0.25) is 5.02 Å². The highest BCUT2D eigenvalue weighted by Gasteiger charge is 2.45. The fraction of sp³-hybridized carbons (Fsp3) is 0.565. The van der Waals surface area contributed by atoms with Crippen LogP contribution in [-0.2, 0) is 21.4 Å². The van der Waals surface area contributed by atoms with Gasteiger partial charge in [-0.1, -0.05) is 30.2 Å². The van der Waals surface area contributed by atoms with Crippen molar-refractivity contribution in [2.24, 2.45) is 5.92 Å². The number of halogens is 1. The molecule has 2 aliphatic rings. The molecule has 1 aromatic heterocycles. The maximum absolute atomic E-state index is 12.6. The largest absolute Gasteiger partial charge is 0.424 e. The van der Waals surface area contributed by atoms with Crippen molar-refractivity contribution < 1.29 is 14.0 Å². The zero-order valence-electron chi connectivity index (χ0n) is 18.1. The number of hydrogen-bond acceptors (Lipinski definition) is 5. The number of benzene rings is 1. The minimum absolute atomic E-state index is 0.0261. The monoisotopic (exact) mass is 444 g/mol. The summed E-state index contributed by atoms with van der Waals surface area (Å²) in [6.45, 7) is 4.03. The molecular weight excluding hydrogens is 416 g/mol. The summed E-state index contributed by atoms with van der Waals surface area (Å²) in [6, 6.07) is 7.83. The summed E-state index contributed by atoms with van der Waals surface area (Å²) >= 11 is 6.04. The molecule has 2 aromatic rings. The highest BCUT2D eigenvalue weighted by molar-refractivity contribution is 6.30. The number of carbonyl (C=O) groups is 2. The smallest absolute Gasteiger partial charge is 0.227 e. The summed E-state index contributed by atoms with van der Waals surface area (Å²) in [4.78, 5) is 28.0. The summed E-state index contributed by atoms with van der Waals surface area (Å²) in [5.41, 5.74) is 0.901. The Morgan fingerprint density at radius 2 is 2.03 bits per heavy atom. The van der Waals surface area contributed by atoms with Gasteiger partial charge in [0.1, 0.15) is 0 Å². The summed E-state index contributed by atoms with van der Waals surface area (Å²) in [5, 5.41) is 9.24. The van der Waals surface area contributed by atoms with Crippen LogP contribution in [0, 0.1) is 5.92 Å². The minimum Gasteiger partial charge on any atom is -0.424 e. The van der Waals surface area contributed by atoms with E-state index in [1.54, 1.807) is 11.9 Å². The van der Waals surface area contributed by atoms with Crippen LogP contribution in [0.25, 0.3) is 0 Å². The Hall–Kier alpha value is -2.41. The molecule has 2 heterocycles. The minimum atomic E-state index is -0.239. The Kier molecular flexibility index (Phi) is 6.32. The highest BCUT2D eigenvalue weighted by atomic mass is 35.5. The molecule has 2 amide bonds. The molecule has 1 saturated carbocycles. The molecular formula is C23H29ClN4O3. The third-order valence-electron chi connectivity index (χ3n) is 6.67. The molecule has 0 spiro atoms. The Bertz CT molecular complexity index is 939. The number of amides is 2. The van der Waals surface area contributed by atoms with Crippen LogP contribution in [0.15, 0.2) is 28.7 Å². The summed E-state index contributed by atoms with van der Waals surface area (Å²) in [6.07, 6.45) is 4.29. The predicted molar refractivity (Wildman–Crippen MR) is 117 cm³/mol. The van der Waals surface area contributed by atoms with Gasteiger partial charge in [-0.15, -0.1) is 10.2 Å². The van der Waals surface area contributed by atoms with Gasteiger partial charge in [0.2, 0.25) is 23.6 Å². The molecule has 31 heavy (non-hydrogen) atoms. The number of likely N-dealkylation sites (tertiary alicyclic amines) is 1. The number of hydrogen-bond donors (Lipinski definition) is 0. The van der Waals surface area contributed by atoms with Gasteiger partial charge in [0.25, 0.3) is 0 Å². The number of carbonyl (C=O) groups excluding carboxylic acids is 2. The molecule has 166 valence electrons. The fourth-order valence-corrected chi connectivity index (χ4v) is 4.77. The van der Waals surface area contributed by atoms with Crippen molar-refractivity contribution in [3.63, 3.8) is 0 Å². The van der Waals surface area contributed by atoms with E-state index in [0.29, 0.717) is 42.6 Å². The second-order valence-corrected chi connectivity index (χ2v) is 9.16. The van der Waals surface area contributed by atoms with Crippen LogP contribution >= 0.6 is 11.6 Å². The van der Waals surface area contributed by atoms with E-state index in [-0.39, 0.29) is 23.1 Å². The van der Waals surface area contributed by atoms with E-state index < -0.39 is 0 Å². The topological polar surface area (TPSA) is 79.5 Å². The van der Waals surface area contributed by atoms with E-state index in [2.05, 4.69) is 10.2 Å². The van der Waals surface area contributed by atoms with E-state index >= 15 is 0 Å². The van der Waals surface area contributed by atoms with Crippen molar-refractivity contribution in [1.29, 1.82) is 0 Å². The number of nitrogens with zero attached hydrogens (tertiary/aromatic N) is 4. The summed E-state index contributed by atoms with van der Waals surface area (Å²) < 4.78 is 6.00. The van der Waals surface area contributed by atoms with Gasteiger partial charge in [-0.3, -0.25) is 9.59 Å². The molecule has 0 unspecified atom stereocenters. The maximum Gasteiger partial charge on any atom is 0.227 e. The van der Waals surface area contributed by atoms with Crippen molar-refractivity contribution in [3.8, 4) is 0 Å². The molecule has 7 nitrogen and oxygen atoms in total. The molecule has 1 aliphatic carbocycles. The van der Waals surface area contributed by atoms with Gasteiger partial charge in [0, 0.05) is 56.9 Å². The zero-order chi connectivity index (χ0) is 22.0. The van der Waals surface area contributed by atoms with Crippen LogP contribution < -0.4 is 0 Å². The van der Waals surface area contributed by atoms with Crippen LogP contribution in [0.3, 0.4) is 0 Å². The lowest BCUT2D eigenvalue weighted by atomic mass is 9.64. The molecule has 4 rings (SSSR count). The molecule has 0 bridgehead atoms. The van der Waals surface area contributed by atoms with Crippen LogP contribution in [0.5, 0.6) is 0 Å². The van der Waals surface area contributed by atoms with Crippen molar-refractivity contribution in [1.82, 2.24) is 20.0 Å². The molecule has 1 aromatic carbocycles. The number of aromatic nitrogens is 2. The van der Waals surface area contributed by atoms with E-state index in [1.165, 1.54) is 0 Å². The zero-order valence-corrected chi connectivity index (χ0v) is 18.9. The highest BCUT2D eigenvalue weighted by Crippen LogP contribution is 2.48. The standard InChI is InChI=1S/C23H29ClN4O3/c1-3-28-15-16(13-21(28)30)14-27(2)20(29)10-9-19-25-26-22(31-19)23(11-4-12-23)17-5-7-18(24)8-6-17/h5-8,16H,3-4,9-15H2,1-2H3/t16-/m0/s1. The first kappa shape index (κ1) is 21.8. The van der Waals surface area contributed by atoms with Crippen LogP contribution in [0.1, 0.15) is 56.4 Å². The first-order chi connectivity index (χ1) is 14.9. The van der Waals surface area contributed by atoms with Crippen molar-refractivity contribution >= 4 is 23.4 Å². The van der Waals surface area contributed by atoms with E-state index in [4.69, 9.17) is 16.0 Å². The SMILES string of the molecule is CCN1C[C@H](CN(C)C(=O)CCc2nnc(C3(c4ccc(Cl)cc4)CCC3)o2)CC1=O. The number of aryl methyl sites for hydroxylation is 1. The Labute approximate surface area is 187 Å². The molecule has 8 heteroatoms. The van der Waals surface area contributed by atoms with Crippen LogP contribution in [0.4, 0.5) is 0 Å². The summed E-state index contributed by atoms with van der Waals surface area (Å²) in [5.74, 6) is 1.52. The van der Waals surface area contributed by atoms with Crippen molar-refractivity contribution in [2.45, 2.75) is 50.9 Å². The van der Waals surface area contributed by atoms with E-state index in [0.717, 1.165) is 37.9 Å². The van der Waals surface area contributed by atoms with Gasteiger partial charge in [-0.25, -0.2) is 0 Å². The predicted octanol–water partition coefficient (Wildman–Crippen LogP) is 3.45. The van der Waals surface area contributed by atoms with Crippen molar-refractivity contribution in [3.05, 3.63) is 46.6 Å². The Balaban J connectivity index is 1.33. The van der Waals surface area contributed by atoms with Gasteiger partial charge in [0.05, 0.1) is 5.41 Å². The summed E-state index contributed by atoms with van der Waals surface area (Å²) in [7, 11) is 1.80. The van der Waals surface area contributed by atoms with E-state index in [1.807, 2.05) is 36.1 Å². The average Bonchev–Trinajstić information content (AvgIpc) is 3.33. The van der Waals surface area contributed by atoms with Gasteiger partial charge in [0.15, 0.2) is 0 Å². The Morgan fingerprint density at radius 1 is 1.29 bits per heavy atom.